The van der Waals surface area contributed by atoms with Crippen LogP contribution in [-0.2, 0) is 6.42 Å². The van der Waals surface area contributed by atoms with Gasteiger partial charge in [-0.25, -0.2) is 13.6 Å². The highest BCUT2D eigenvalue weighted by Crippen LogP contribution is 2.24. The number of carbonyl (C=O) groups is 1. The summed E-state index contributed by atoms with van der Waals surface area (Å²) in [5.41, 5.74) is 1.97. The molecule has 0 unspecified atom stereocenters. The Labute approximate surface area is 156 Å². The molecule has 1 aromatic heterocycles. The number of hydrogen-bond acceptors (Lipinski definition) is 2. The van der Waals surface area contributed by atoms with E-state index >= 15 is 0 Å². The fraction of sp³-hybridized carbons (Fsp3) is 0.238. The molecule has 1 aliphatic rings. The second-order valence-corrected chi connectivity index (χ2v) is 6.66. The van der Waals surface area contributed by atoms with E-state index in [0.717, 1.165) is 12.0 Å². The van der Waals surface area contributed by atoms with E-state index in [0.29, 0.717) is 42.6 Å². The maximum Gasteiger partial charge on any atom is 0.324 e. The first-order valence-electron chi connectivity index (χ1n) is 8.97. The lowest BCUT2D eigenvalue weighted by Gasteiger charge is -2.35. The van der Waals surface area contributed by atoms with Gasteiger partial charge >= 0.3 is 6.03 Å². The molecule has 6 heteroatoms. The molecule has 0 N–H and O–H groups in total. The van der Waals surface area contributed by atoms with Crippen LogP contribution in [0.1, 0.15) is 12.0 Å². The Morgan fingerprint density at radius 2 is 1.85 bits per heavy atom. The van der Waals surface area contributed by atoms with E-state index < -0.39 is 0 Å². The minimum Gasteiger partial charge on any atom is -0.324 e. The third kappa shape index (κ3) is 3.60. The zero-order valence-corrected chi connectivity index (χ0v) is 14.7. The molecule has 2 amide bonds. The molecule has 0 saturated carbocycles. The van der Waals surface area contributed by atoms with Gasteiger partial charge in [-0.3, -0.25) is 9.88 Å². The maximum atomic E-state index is 13.8. The van der Waals surface area contributed by atoms with Crippen LogP contribution in [0.2, 0.25) is 0 Å². The number of amides is 2. The van der Waals surface area contributed by atoms with E-state index in [4.69, 9.17) is 0 Å². The Bertz CT molecular complexity index is 975. The van der Waals surface area contributed by atoms with E-state index in [1.54, 1.807) is 46.3 Å². The highest BCUT2D eigenvalue weighted by atomic mass is 19.1. The molecule has 1 fully saturated rings. The third-order valence-electron chi connectivity index (χ3n) is 4.85. The van der Waals surface area contributed by atoms with Gasteiger partial charge in [0.25, 0.3) is 0 Å². The van der Waals surface area contributed by atoms with Crippen molar-refractivity contribution in [3.63, 3.8) is 0 Å². The zero-order valence-electron chi connectivity index (χ0n) is 14.7. The predicted octanol–water partition coefficient (Wildman–Crippen LogP) is 4.39. The summed E-state index contributed by atoms with van der Waals surface area (Å²) in [5, 5.41) is 0.670. The van der Waals surface area contributed by atoms with Crippen molar-refractivity contribution in [2.45, 2.75) is 12.8 Å². The molecule has 27 heavy (non-hydrogen) atoms. The van der Waals surface area contributed by atoms with Gasteiger partial charge < -0.3 is 4.90 Å². The first-order valence-corrected chi connectivity index (χ1v) is 8.97. The van der Waals surface area contributed by atoms with Gasteiger partial charge in [0.1, 0.15) is 17.2 Å². The molecule has 1 aliphatic heterocycles. The van der Waals surface area contributed by atoms with Crippen molar-refractivity contribution in [3.05, 3.63) is 71.9 Å². The fourth-order valence-electron chi connectivity index (χ4n) is 3.40. The van der Waals surface area contributed by atoms with Crippen molar-refractivity contribution in [2.24, 2.45) is 0 Å². The van der Waals surface area contributed by atoms with Crippen LogP contribution in [0.5, 0.6) is 0 Å². The van der Waals surface area contributed by atoms with Crippen molar-refractivity contribution in [3.8, 4) is 0 Å². The second kappa shape index (κ2) is 7.31. The standard InChI is InChI=1S/C21H19F2N3O/c22-17-7-5-15(6-8-17)9-12-25-10-2-11-26(21(25)27)18-13-16-3-1-4-19(23)20(16)24-14-18/h1,3-8,13-14H,2,9-12H2. The normalized spacial score (nSPS) is 14.8. The lowest BCUT2D eigenvalue weighted by molar-refractivity contribution is 0.196. The lowest BCUT2D eigenvalue weighted by atomic mass is 10.1. The molecule has 0 atom stereocenters. The number of carbonyl (C=O) groups excluding carboxylic acids is 1. The summed E-state index contributed by atoms with van der Waals surface area (Å²) < 4.78 is 26.8. The number of aromatic nitrogens is 1. The summed E-state index contributed by atoms with van der Waals surface area (Å²) in [6.07, 6.45) is 3.06. The van der Waals surface area contributed by atoms with Crippen LogP contribution in [0.25, 0.3) is 10.9 Å². The molecular formula is C21H19F2N3O. The first kappa shape index (κ1) is 17.4. The molecule has 4 nitrogen and oxygen atoms in total. The molecule has 2 heterocycles. The van der Waals surface area contributed by atoms with Gasteiger partial charge in [0.05, 0.1) is 11.9 Å². The molecule has 3 aromatic rings. The number of hydrogen-bond donors (Lipinski definition) is 0. The van der Waals surface area contributed by atoms with Crippen LogP contribution in [0, 0.1) is 11.6 Å². The smallest absolute Gasteiger partial charge is 0.324 e. The Morgan fingerprint density at radius 3 is 2.67 bits per heavy atom. The van der Waals surface area contributed by atoms with Crippen LogP contribution in [0.4, 0.5) is 19.3 Å². The number of anilines is 1. The monoisotopic (exact) mass is 367 g/mol. The number of benzene rings is 2. The Hall–Kier alpha value is -3.02. The van der Waals surface area contributed by atoms with Crippen LogP contribution in [0.15, 0.2) is 54.7 Å². The predicted molar refractivity (Wildman–Crippen MR) is 101 cm³/mol. The van der Waals surface area contributed by atoms with Gasteiger partial charge in [0, 0.05) is 25.0 Å². The second-order valence-electron chi connectivity index (χ2n) is 6.66. The minimum absolute atomic E-state index is 0.0825. The highest BCUT2D eigenvalue weighted by molar-refractivity contribution is 5.95. The van der Waals surface area contributed by atoms with Gasteiger partial charge in [-0.2, -0.15) is 0 Å². The molecule has 0 radical (unpaired) electrons. The molecule has 1 saturated heterocycles. The molecule has 0 spiro atoms. The largest absolute Gasteiger partial charge is 0.324 e. The van der Waals surface area contributed by atoms with Crippen LogP contribution in [0.3, 0.4) is 0 Å². The molecular weight excluding hydrogens is 348 g/mol. The summed E-state index contributed by atoms with van der Waals surface area (Å²) in [7, 11) is 0. The van der Waals surface area contributed by atoms with E-state index in [9.17, 15) is 13.6 Å². The SMILES string of the molecule is O=C1N(CCc2ccc(F)cc2)CCCN1c1cnc2c(F)cccc2c1. The highest BCUT2D eigenvalue weighted by Gasteiger charge is 2.27. The van der Waals surface area contributed by atoms with Gasteiger partial charge in [0.2, 0.25) is 0 Å². The Balaban J connectivity index is 1.50. The number of urea groups is 1. The van der Waals surface area contributed by atoms with Crippen molar-refractivity contribution in [1.29, 1.82) is 0 Å². The van der Waals surface area contributed by atoms with E-state index in [1.165, 1.54) is 18.2 Å². The Kier molecular flexibility index (Phi) is 4.71. The van der Waals surface area contributed by atoms with E-state index in [2.05, 4.69) is 4.98 Å². The van der Waals surface area contributed by atoms with Gasteiger partial charge in [-0.15, -0.1) is 0 Å². The van der Waals surface area contributed by atoms with Crippen LogP contribution >= 0.6 is 0 Å². The Morgan fingerprint density at radius 1 is 1.04 bits per heavy atom. The molecule has 4 rings (SSSR count). The first-order chi connectivity index (χ1) is 13.1. The van der Waals surface area contributed by atoms with Gasteiger partial charge in [-0.1, -0.05) is 24.3 Å². The number of pyridine rings is 1. The zero-order chi connectivity index (χ0) is 18.8. The van der Waals surface area contributed by atoms with E-state index in [-0.39, 0.29) is 17.7 Å². The fourth-order valence-corrected chi connectivity index (χ4v) is 3.40. The minimum atomic E-state index is -0.370. The van der Waals surface area contributed by atoms with Crippen LogP contribution < -0.4 is 4.90 Å². The summed E-state index contributed by atoms with van der Waals surface area (Å²) in [6.45, 7) is 1.86. The van der Waals surface area contributed by atoms with Gasteiger partial charge in [0.15, 0.2) is 0 Å². The van der Waals surface area contributed by atoms with E-state index in [1.807, 2.05) is 0 Å². The number of fused-ring (bicyclic) bond motifs is 1. The molecule has 138 valence electrons. The third-order valence-corrected chi connectivity index (χ3v) is 4.85. The quantitative estimate of drug-likeness (QED) is 0.686. The average Bonchev–Trinajstić information content (AvgIpc) is 2.68. The lowest BCUT2D eigenvalue weighted by Crippen LogP contribution is -2.50. The summed E-state index contributed by atoms with van der Waals surface area (Å²) in [5.74, 6) is -0.635. The molecule has 0 aliphatic carbocycles. The molecule has 2 aromatic carbocycles. The molecule has 0 bridgehead atoms. The maximum absolute atomic E-state index is 13.8. The summed E-state index contributed by atoms with van der Waals surface area (Å²) in [4.78, 5) is 20.6. The number of para-hydroxylation sites is 1. The van der Waals surface area contributed by atoms with Crippen molar-refractivity contribution in [2.75, 3.05) is 24.5 Å². The number of nitrogens with zero attached hydrogens (tertiary/aromatic N) is 3. The summed E-state index contributed by atoms with van der Waals surface area (Å²) >= 11 is 0. The average molecular weight is 367 g/mol. The van der Waals surface area contributed by atoms with Crippen molar-refractivity contribution >= 4 is 22.6 Å². The van der Waals surface area contributed by atoms with Crippen molar-refractivity contribution in [1.82, 2.24) is 9.88 Å². The van der Waals surface area contributed by atoms with Crippen molar-refractivity contribution < 1.29 is 13.6 Å². The number of halogens is 2. The topological polar surface area (TPSA) is 36.4 Å². The number of rotatable bonds is 4. The summed E-state index contributed by atoms with van der Waals surface area (Å²) in [6, 6.07) is 12.9. The van der Waals surface area contributed by atoms with Crippen LogP contribution in [-0.4, -0.2) is 35.5 Å². The van der Waals surface area contributed by atoms with Gasteiger partial charge in [-0.05, 0) is 42.7 Å².